The summed E-state index contributed by atoms with van der Waals surface area (Å²) in [5.74, 6) is 2.50. The number of hydrogen-bond acceptors (Lipinski definition) is 3. The molecular weight excluding hydrogens is 515 g/mol. The van der Waals surface area contributed by atoms with E-state index < -0.39 is 0 Å². The molecule has 2 fully saturated rings. The molecule has 2 heterocycles. The molecule has 2 aliphatic rings. The number of amides is 1. The van der Waals surface area contributed by atoms with Gasteiger partial charge in [-0.1, -0.05) is 31.4 Å². The van der Waals surface area contributed by atoms with Gasteiger partial charge in [0.15, 0.2) is 5.96 Å². The first-order valence-corrected chi connectivity index (χ1v) is 11.8. The number of benzene rings is 1. The van der Waals surface area contributed by atoms with Crippen molar-refractivity contribution in [3.8, 4) is 0 Å². The molecule has 1 atom stereocenters. The summed E-state index contributed by atoms with van der Waals surface area (Å²) in [5, 5.41) is 6.95. The number of nitrogens with zero attached hydrogens (tertiary/aromatic N) is 4. The minimum Gasteiger partial charge on any atom is -0.356 e. The Morgan fingerprint density at radius 3 is 2.75 bits per heavy atom. The van der Waals surface area contributed by atoms with Gasteiger partial charge in [0.25, 0.3) is 0 Å². The molecule has 1 saturated heterocycles. The summed E-state index contributed by atoms with van der Waals surface area (Å²) in [6, 6.07) is 8.56. The van der Waals surface area contributed by atoms with Crippen molar-refractivity contribution < 1.29 is 4.79 Å². The average Bonchev–Trinajstić information content (AvgIpc) is 3.39. The van der Waals surface area contributed by atoms with Crippen LogP contribution in [0.25, 0.3) is 11.0 Å². The molecule has 4 rings (SSSR count). The second-order valence-corrected chi connectivity index (χ2v) is 8.90. The fourth-order valence-corrected chi connectivity index (χ4v) is 5.00. The summed E-state index contributed by atoms with van der Waals surface area (Å²) in [6.07, 6.45) is 7.81. The highest BCUT2D eigenvalue weighted by molar-refractivity contribution is 14.0. The molecule has 0 spiro atoms. The van der Waals surface area contributed by atoms with Crippen molar-refractivity contribution in [3.05, 3.63) is 30.1 Å². The van der Waals surface area contributed by atoms with Gasteiger partial charge >= 0.3 is 0 Å². The van der Waals surface area contributed by atoms with Gasteiger partial charge in [-0.25, -0.2) is 4.98 Å². The highest BCUT2D eigenvalue weighted by Crippen LogP contribution is 2.26. The van der Waals surface area contributed by atoms with Crippen LogP contribution < -0.4 is 10.6 Å². The topological polar surface area (TPSA) is 74.6 Å². The van der Waals surface area contributed by atoms with Crippen molar-refractivity contribution in [3.63, 3.8) is 0 Å². The third-order valence-corrected chi connectivity index (χ3v) is 6.72. The summed E-state index contributed by atoms with van der Waals surface area (Å²) in [5.41, 5.74) is 2.25. The molecule has 32 heavy (non-hydrogen) atoms. The number of halogens is 1. The number of aromatic nitrogens is 2. The highest BCUT2D eigenvalue weighted by atomic mass is 127. The van der Waals surface area contributed by atoms with Crippen molar-refractivity contribution in [1.29, 1.82) is 0 Å². The average molecular weight is 553 g/mol. The normalized spacial score (nSPS) is 19.8. The van der Waals surface area contributed by atoms with Gasteiger partial charge in [0.05, 0.1) is 11.0 Å². The SMILES string of the molecule is CN=C(NCCCn1c(C)nc2ccccc21)NC1CCN(C(=O)C2CCCCC2)C1.I. The first-order chi connectivity index (χ1) is 15.2. The molecule has 1 unspecified atom stereocenters. The van der Waals surface area contributed by atoms with Gasteiger partial charge < -0.3 is 20.1 Å². The second-order valence-electron chi connectivity index (χ2n) is 8.90. The van der Waals surface area contributed by atoms with Crippen LogP contribution in [0.5, 0.6) is 0 Å². The zero-order valence-corrected chi connectivity index (χ0v) is 21.7. The third-order valence-electron chi connectivity index (χ3n) is 6.72. The standard InChI is InChI=1S/C24H36N6O.HI/c1-18-27-21-11-6-7-12-22(21)30(18)15-8-14-26-24(25-2)28-20-13-16-29(17-20)23(31)19-9-4-3-5-10-19;/h6-7,11-12,19-20H,3-5,8-10,13-17H2,1-2H3,(H2,25,26,28);1H. The van der Waals surface area contributed by atoms with Gasteiger partial charge in [-0.15, -0.1) is 24.0 Å². The monoisotopic (exact) mass is 552 g/mol. The molecule has 2 aromatic rings. The number of likely N-dealkylation sites (tertiary alicyclic amines) is 1. The van der Waals surface area contributed by atoms with Crippen molar-refractivity contribution in [2.24, 2.45) is 10.9 Å². The Bertz CT molecular complexity index is 920. The summed E-state index contributed by atoms with van der Waals surface area (Å²) < 4.78 is 2.28. The van der Waals surface area contributed by atoms with Crippen LogP contribution in [0.2, 0.25) is 0 Å². The molecular formula is C24H37IN6O. The van der Waals surface area contributed by atoms with Crippen molar-refractivity contribution in [2.75, 3.05) is 26.7 Å². The van der Waals surface area contributed by atoms with E-state index in [4.69, 9.17) is 0 Å². The van der Waals surface area contributed by atoms with Gasteiger partial charge in [-0.2, -0.15) is 0 Å². The molecule has 2 N–H and O–H groups in total. The Labute approximate surface area is 208 Å². The molecule has 1 aliphatic carbocycles. The predicted octanol–water partition coefficient (Wildman–Crippen LogP) is 3.70. The lowest BCUT2D eigenvalue weighted by atomic mass is 9.88. The number of rotatable bonds is 6. The van der Waals surface area contributed by atoms with E-state index in [9.17, 15) is 4.79 Å². The Balaban J connectivity index is 0.00000289. The van der Waals surface area contributed by atoms with Gasteiger partial charge in [-0.3, -0.25) is 9.79 Å². The van der Waals surface area contributed by atoms with Crippen molar-refractivity contribution in [1.82, 2.24) is 25.1 Å². The molecule has 0 radical (unpaired) electrons. The van der Waals surface area contributed by atoms with Crippen LogP contribution >= 0.6 is 24.0 Å². The maximum absolute atomic E-state index is 12.8. The first-order valence-electron chi connectivity index (χ1n) is 11.8. The second kappa shape index (κ2) is 11.9. The van der Waals surface area contributed by atoms with Gasteiger partial charge in [0.2, 0.25) is 5.91 Å². The number of fused-ring (bicyclic) bond motifs is 1. The number of carbonyl (C=O) groups excluding carboxylic acids is 1. The largest absolute Gasteiger partial charge is 0.356 e. The smallest absolute Gasteiger partial charge is 0.225 e. The summed E-state index contributed by atoms with van der Waals surface area (Å²) >= 11 is 0. The number of para-hydroxylation sites is 2. The van der Waals surface area contributed by atoms with Crippen molar-refractivity contribution >= 4 is 46.9 Å². The molecule has 1 aliphatic heterocycles. The van der Waals surface area contributed by atoms with Crippen LogP contribution in [0.3, 0.4) is 0 Å². The summed E-state index contributed by atoms with van der Waals surface area (Å²) in [4.78, 5) is 23.9. The lowest BCUT2D eigenvalue weighted by molar-refractivity contribution is -0.135. The van der Waals surface area contributed by atoms with E-state index in [-0.39, 0.29) is 35.9 Å². The number of hydrogen-bond donors (Lipinski definition) is 2. The van der Waals surface area contributed by atoms with E-state index in [1.54, 1.807) is 0 Å². The van der Waals surface area contributed by atoms with Gasteiger partial charge in [0, 0.05) is 45.2 Å². The van der Waals surface area contributed by atoms with E-state index in [1.165, 1.54) is 24.8 Å². The zero-order chi connectivity index (χ0) is 21.6. The lowest BCUT2D eigenvalue weighted by Crippen LogP contribution is -2.45. The molecule has 8 heteroatoms. The van der Waals surface area contributed by atoms with Crippen molar-refractivity contribution in [2.45, 2.75) is 64.5 Å². The number of aliphatic imine (C=N–C) groups is 1. The Kier molecular flexibility index (Phi) is 9.19. The minimum atomic E-state index is 0. The van der Waals surface area contributed by atoms with E-state index >= 15 is 0 Å². The minimum absolute atomic E-state index is 0. The number of nitrogens with one attached hydrogen (secondary N) is 2. The molecule has 1 saturated carbocycles. The molecule has 7 nitrogen and oxygen atoms in total. The number of imidazole rings is 1. The lowest BCUT2D eigenvalue weighted by Gasteiger charge is -2.26. The van der Waals surface area contributed by atoms with Gasteiger partial charge in [-0.05, 0) is 44.7 Å². The quantitative estimate of drug-likeness (QED) is 0.248. The van der Waals surface area contributed by atoms with E-state index in [2.05, 4.69) is 55.2 Å². The fourth-order valence-electron chi connectivity index (χ4n) is 5.00. The highest BCUT2D eigenvalue weighted by Gasteiger charge is 2.31. The maximum Gasteiger partial charge on any atom is 0.225 e. The third kappa shape index (κ3) is 5.94. The molecule has 176 valence electrons. The van der Waals surface area contributed by atoms with Crippen LogP contribution in [-0.2, 0) is 11.3 Å². The van der Waals surface area contributed by atoms with Gasteiger partial charge in [0.1, 0.15) is 5.82 Å². The molecule has 0 bridgehead atoms. The van der Waals surface area contributed by atoms with Crippen LogP contribution in [0.4, 0.5) is 0 Å². The molecule has 1 amide bonds. The van der Waals surface area contributed by atoms with E-state index in [0.717, 1.165) is 69.2 Å². The Morgan fingerprint density at radius 2 is 1.97 bits per heavy atom. The Morgan fingerprint density at radius 1 is 1.19 bits per heavy atom. The zero-order valence-electron chi connectivity index (χ0n) is 19.3. The first kappa shape index (κ1) is 24.8. The molecule has 1 aromatic carbocycles. The number of aryl methyl sites for hydroxylation is 2. The van der Waals surface area contributed by atoms with E-state index in [1.807, 2.05) is 13.1 Å². The predicted molar refractivity (Wildman–Crippen MR) is 141 cm³/mol. The number of carbonyl (C=O) groups is 1. The van der Waals surface area contributed by atoms with Crippen LogP contribution in [0.15, 0.2) is 29.3 Å². The van der Waals surface area contributed by atoms with Crippen LogP contribution in [0, 0.1) is 12.8 Å². The Hall–Kier alpha value is -1.84. The molecule has 1 aromatic heterocycles. The summed E-state index contributed by atoms with van der Waals surface area (Å²) in [6.45, 7) is 5.47. The van der Waals surface area contributed by atoms with Crippen LogP contribution in [0.1, 0.15) is 50.8 Å². The van der Waals surface area contributed by atoms with E-state index in [0.29, 0.717) is 5.91 Å². The fraction of sp³-hybridized carbons (Fsp3) is 0.625. The maximum atomic E-state index is 12.8. The van der Waals surface area contributed by atoms with Crippen LogP contribution in [-0.4, -0.2) is 59.0 Å². The number of guanidine groups is 1. The summed E-state index contributed by atoms with van der Waals surface area (Å²) in [7, 11) is 1.81.